The van der Waals surface area contributed by atoms with Gasteiger partial charge in [0, 0.05) is 13.1 Å². The van der Waals surface area contributed by atoms with Crippen LogP contribution >= 0.6 is 0 Å². The first-order valence-corrected chi connectivity index (χ1v) is 10.7. The van der Waals surface area contributed by atoms with Crippen LogP contribution in [0.4, 0.5) is 5.69 Å². The van der Waals surface area contributed by atoms with Crippen molar-refractivity contribution in [1.82, 2.24) is 4.90 Å². The molecular weight excluding hydrogens is 376 g/mol. The summed E-state index contributed by atoms with van der Waals surface area (Å²) in [6.45, 7) is 9.71. The molecule has 1 fully saturated rings. The van der Waals surface area contributed by atoms with Crippen molar-refractivity contribution in [3.63, 3.8) is 0 Å². The highest BCUT2D eigenvalue weighted by Crippen LogP contribution is 2.25. The van der Waals surface area contributed by atoms with Gasteiger partial charge in [0.25, 0.3) is 11.8 Å². The van der Waals surface area contributed by atoms with E-state index in [1.54, 1.807) is 19.1 Å². The van der Waals surface area contributed by atoms with Crippen molar-refractivity contribution in [1.29, 1.82) is 0 Å². The first kappa shape index (κ1) is 21.9. The minimum absolute atomic E-state index is 0.0306. The Labute approximate surface area is 179 Å². The Hall–Kier alpha value is -2.82. The van der Waals surface area contributed by atoms with Crippen LogP contribution in [0.3, 0.4) is 0 Å². The number of piperidine rings is 1. The highest BCUT2D eigenvalue weighted by Gasteiger charge is 2.23. The summed E-state index contributed by atoms with van der Waals surface area (Å²) in [5.41, 5.74) is 2.31. The van der Waals surface area contributed by atoms with Gasteiger partial charge in [0.15, 0.2) is 6.10 Å². The molecule has 0 aliphatic carbocycles. The second kappa shape index (κ2) is 9.33. The maximum absolute atomic E-state index is 12.9. The third kappa shape index (κ3) is 5.41. The molecule has 0 aromatic heterocycles. The Morgan fingerprint density at radius 2 is 1.60 bits per heavy atom. The number of para-hydroxylation sites is 1. The summed E-state index contributed by atoms with van der Waals surface area (Å²) in [6, 6.07) is 15.0. The zero-order chi connectivity index (χ0) is 21.7. The number of ether oxygens (including phenoxy) is 1. The zero-order valence-corrected chi connectivity index (χ0v) is 18.4. The van der Waals surface area contributed by atoms with E-state index in [9.17, 15) is 9.59 Å². The fourth-order valence-electron chi connectivity index (χ4n) is 3.57. The minimum Gasteiger partial charge on any atom is -0.481 e. The van der Waals surface area contributed by atoms with Gasteiger partial charge in [0.2, 0.25) is 0 Å². The molecular formula is C25H32N2O3. The van der Waals surface area contributed by atoms with Crippen molar-refractivity contribution >= 4 is 17.5 Å². The molecule has 5 heteroatoms. The zero-order valence-electron chi connectivity index (χ0n) is 18.4. The first-order chi connectivity index (χ1) is 14.3. The van der Waals surface area contributed by atoms with Crippen molar-refractivity contribution in [2.24, 2.45) is 0 Å². The Bertz CT molecular complexity index is 878. The topological polar surface area (TPSA) is 58.6 Å². The quantitative estimate of drug-likeness (QED) is 0.756. The number of benzene rings is 2. The number of carbonyl (C=O) groups excluding carboxylic acids is 2. The van der Waals surface area contributed by atoms with Gasteiger partial charge < -0.3 is 15.0 Å². The molecule has 0 radical (unpaired) electrons. The Morgan fingerprint density at radius 1 is 0.967 bits per heavy atom. The van der Waals surface area contributed by atoms with Crippen LogP contribution in [-0.4, -0.2) is 35.9 Å². The van der Waals surface area contributed by atoms with E-state index in [2.05, 4.69) is 26.1 Å². The van der Waals surface area contributed by atoms with E-state index < -0.39 is 6.10 Å². The lowest BCUT2D eigenvalue weighted by molar-refractivity contribution is -0.122. The average molecular weight is 409 g/mol. The van der Waals surface area contributed by atoms with E-state index >= 15 is 0 Å². The lowest BCUT2D eigenvalue weighted by Gasteiger charge is -2.27. The van der Waals surface area contributed by atoms with Gasteiger partial charge in [-0.1, -0.05) is 45.0 Å². The van der Waals surface area contributed by atoms with Gasteiger partial charge in [0.1, 0.15) is 5.75 Å². The van der Waals surface area contributed by atoms with E-state index in [-0.39, 0.29) is 17.2 Å². The van der Waals surface area contributed by atoms with Crippen LogP contribution in [0.2, 0.25) is 0 Å². The second-order valence-electron chi connectivity index (χ2n) is 8.92. The Balaban J connectivity index is 1.66. The van der Waals surface area contributed by atoms with Crippen molar-refractivity contribution in [3.05, 3.63) is 59.7 Å². The van der Waals surface area contributed by atoms with Crippen LogP contribution in [0.5, 0.6) is 5.75 Å². The van der Waals surface area contributed by atoms with Crippen LogP contribution in [0, 0.1) is 0 Å². The van der Waals surface area contributed by atoms with Gasteiger partial charge in [0.05, 0.1) is 11.3 Å². The number of anilines is 1. The highest BCUT2D eigenvalue weighted by atomic mass is 16.5. The maximum Gasteiger partial charge on any atom is 0.265 e. The molecule has 0 spiro atoms. The van der Waals surface area contributed by atoms with E-state index in [1.807, 2.05) is 41.3 Å². The van der Waals surface area contributed by atoms with Crippen molar-refractivity contribution < 1.29 is 14.3 Å². The van der Waals surface area contributed by atoms with E-state index in [0.717, 1.165) is 32.4 Å². The molecule has 0 saturated carbocycles. The largest absolute Gasteiger partial charge is 0.481 e. The molecule has 1 saturated heterocycles. The number of hydrogen-bond acceptors (Lipinski definition) is 3. The van der Waals surface area contributed by atoms with Crippen LogP contribution in [0.25, 0.3) is 0 Å². The minimum atomic E-state index is -0.691. The Morgan fingerprint density at radius 3 is 2.23 bits per heavy atom. The first-order valence-electron chi connectivity index (χ1n) is 10.7. The lowest BCUT2D eigenvalue weighted by atomic mass is 9.87. The summed E-state index contributed by atoms with van der Waals surface area (Å²) in [7, 11) is 0. The summed E-state index contributed by atoms with van der Waals surface area (Å²) in [4.78, 5) is 27.5. The van der Waals surface area contributed by atoms with Gasteiger partial charge >= 0.3 is 0 Å². The van der Waals surface area contributed by atoms with Crippen molar-refractivity contribution in [2.75, 3.05) is 18.4 Å². The molecule has 1 aliphatic heterocycles. The van der Waals surface area contributed by atoms with Gasteiger partial charge in [-0.25, -0.2) is 0 Å². The number of nitrogens with zero attached hydrogens (tertiary/aromatic N) is 1. The van der Waals surface area contributed by atoms with E-state index in [4.69, 9.17) is 4.74 Å². The summed E-state index contributed by atoms with van der Waals surface area (Å²) < 4.78 is 5.83. The molecule has 2 amide bonds. The maximum atomic E-state index is 12.9. The van der Waals surface area contributed by atoms with Crippen molar-refractivity contribution in [3.8, 4) is 5.75 Å². The molecule has 0 bridgehead atoms. The number of amides is 2. The highest BCUT2D eigenvalue weighted by molar-refractivity contribution is 6.04. The van der Waals surface area contributed by atoms with Crippen LogP contribution in [0.1, 0.15) is 62.9 Å². The lowest BCUT2D eigenvalue weighted by Crippen LogP contribution is -2.36. The second-order valence-corrected chi connectivity index (χ2v) is 8.92. The van der Waals surface area contributed by atoms with Crippen LogP contribution < -0.4 is 10.1 Å². The fourth-order valence-corrected chi connectivity index (χ4v) is 3.57. The number of rotatable bonds is 5. The average Bonchev–Trinajstić information content (AvgIpc) is 2.74. The van der Waals surface area contributed by atoms with Crippen molar-refractivity contribution in [2.45, 2.75) is 58.5 Å². The molecule has 5 nitrogen and oxygen atoms in total. The smallest absolute Gasteiger partial charge is 0.265 e. The standard InChI is InChI=1S/C25H32N2O3/c1-18(30-20-14-12-19(13-15-20)25(2,3)4)23(28)26-22-11-7-6-10-21(22)24(29)27-16-8-5-9-17-27/h6-7,10-15,18H,5,8-9,16-17H2,1-4H3,(H,26,28)/t18-/m0/s1. The molecule has 1 N–H and O–H groups in total. The molecule has 1 atom stereocenters. The number of nitrogens with one attached hydrogen (secondary N) is 1. The molecule has 160 valence electrons. The summed E-state index contributed by atoms with van der Waals surface area (Å²) in [6.07, 6.45) is 2.52. The van der Waals surface area contributed by atoms with E-state index in [0.29, 0.717) is 17.0 Å². The molecule has 30 heavy (non-hydrogen) atoms. The molecule has 3 rings (SSSR count). The predicted molar refractivity (Wildman–Crippen MR) is 120 cm³/mol. The van der Waals surface area contributed by atoms with Crippen LogP contribution in [0.15, 0.2) is 48.5 Å². The Kier molecular flexibility index (Phi) is 6.80. The normalized spacial score (nSPS) is 15.4. The number of carbonyl (C=O) groups is 2. The fraction of sp³-hybridized carbons (Fsp3) is 0.440. The SMILES string of the molecule is C[C@H](Oc1ccc(C(C)(C)C)cc1)C(=O)Nc1ccccc1C(=O)N1CCCCC1. The molecule has 2 aromatic carbocycles. The molecule has 0 unspecified atom stereocenters. The number of likely N-dealkylation sites (tertiary alicyclic amines) is 1. The molecule has 1 heterocycles. The van der Waals surface area contributed by atoms with Gasteiger partial charge in [-0.05, 0) is 61.4 Å². The summed E-state index contributed by atoms with van der Waals surface area (Å²) in [5, 5.41) is 2.87. The van der Waals surface area contributed by atoms with Gasteiger partial charge in [-0.3, -0.25) is 9.59 Å². The third-order valence-electron chi connectivity index (χ3n) is 5.46. The summed E-state index contributed by atoms with van der Waals surface area (Å²) >= 11 is 0. The van der Waals surface area contributed by atoms with Gasteiger partial charge in [-0.15, -0.1) is 0 Å². The molecule has 2 aromatic rings. The summed E-state index contributed by atoms with van der Waals surface area (Å²) in [5.74, 6) is 0.328. The third-order valence-corrected chi connectivity index (χ3v) is 5.46. The van der Waals surface area contributed by atoms with Gasteiger partial charge in [-0.2, -0.15) is 0 Å². The number of hydrogen-bond donors (Lipinski definition) is 1. The van der Waals surface area contributed by atoms with Crippen LogP contribution in [-0.2, 0) is 10.2 Å². The predicted octanol–water partition coefficient (Wildman–Crippen LogP) is 5.02. The monoisotopic (exact) mass is 408 g/mol. The molecule has 1 aliphatic rings. The van der Waals surface area contributed by atoms with E-state index in [1.165, 1.54) is 5.56 Å².